The minimum Gasteiger partial charge on any atom is -0.376 e. The van der Waals surface area contributed by atoms with Crippen molar-refractivity contribution in [1.82, 2.24) is 5.32 Å². The molecule has 0 bridgehead atoms. The Morgan fingerprint density at radius 3 is 2.71 bits per heavy atom. The van der Waals surface area contributed by atoms with Gasteiger partial charge in [-0.15, -0.1) is 6.58 Å². The highest BCUT2D eigenvalue weighted by Crippen LogP contribution is 2.23. The van der Waals surface area contributed by atoms with Gasteiger partial charge in [-0.25, -0.2) is 0 Å². The predicted molar refractivity (Wildman–Crippen MR) is 60.4 cm³/mol. The number of rotatable bonds is 6. The summed E-state index contributed by atoms with van der Waals surface area (Å²) in [5.41, 5.74) is 0. The Hall–Kier alpha value is -0.340. The van der Waals surface area contributed by atoms with E-state index in [0.29, 0.717) is 6.61 Å². The maximum absolute atomic E-state index is 5.31. The first-order valence-electron chi connectivity index (χ1n) is 5.75. The van der Waals surface area contributed by atoms with Crippen LogP contribution in [0.15, 0.2) is 12.7 Å². The Balaban J connectivity index is 1.93. The largest absolute Gasteiger partial charge is 0.376 e. The smallest absolute Gasteiger partial charge is 0.0645 e. The second-order valence-corrected chi connectivity index (χ2v) is 4.27. The molecule has 0 radical (unpaired) electrons. The summed E-state index contributed by atoms with van der Waals surface area (Å²) in [6, 6.07) is 0.735. The fraction of sp³-hybridized carbons (Fsp3) is 0.833. The predicted octanol–water partition coefficient (Wildman–Crippen LogP) is 2.36. The first-order chi connectivity index (χ1) is 6.83. The van der Waals surface area contributed by atoms with E-state index in [4.69, 9.17) is 4.74 Å². The Morgan fingerprint density at radius 1 is 1.36 bits per heavy atom. The molecule has 14 heavy (non-hydrogen) atoms. The van der Waals surface area contributed by atoms with Gasteiger partial charge in [0.2, 0.25) is 0 Å². The summed E-state index contributed by atoms with van der Waals surface area (Å²) in [5.74, 6) is 0.935. The molecule has 1 aliphatic rings. The van der Waals surface area contributed by atoms with Crippen molar-refractivity contribution in [3.05, 3.63) is 12.7 Å². The summed E-state index contributed by atoms with van der Waals surface area (Å²) >= 11 is 0. The first-order valence-corrected chi connectivity index (χ1v) is 5.75. The topological polar surface area (TPSA) is 21.3 Å². The molecule has 0 aromatic carbocycles. The minimum absolute atomic E-state index is 0.670. The van der Waals surface area contributed by atoms with Crippen LogP contribution >= 0.6 is 0 Å². The van der Waals surface area contributed by atoms with Crippen LogP contribution in [0.4, 0.5) is 0 Å². The first kappa shape index (κ1) is 11.7. The van der Waals surface area contributed by atoms with Crippen molar-refractivity contribution in [2.24, 2.45) is 5.92 Å². The zero-order chi connectivity index (χ0) is 10.2. The zero-order valence-electron chi connectivity index (χ0n) is 9.30. The van der Waals surface area contributed by atoms with Gasteiger partial charge >= 0.3 is 0 Å². The van der Waals surface area contributed by atoms with E-state index < -0.39 is 0 Å². The lowest BCUT2D eigenvalue weighted by Gasteiger charge is -2.26. The maximum Gasteiger partial charge on any atom is 0.0645 e. The third kappa shape index (κ3) is 4.77. The highest BCUT2D eigenvalue weighted by Gasteiger charge is 2.16. The van der Waals surface area contributed by atoms with Crippen molar-refractivity contribution >= 4 is 0 Å². The summed E-state index contributed by atoms with van der Waals surface area (Å²) in [6.45, 7) is 8.41. The van der Waals surface area contributed by atoms with Crippen molar-refractivity contribution < 1.29 is 4.74 Å². The van der Waals surface area contributed by atoms with Gasteiger partial charge < -0.3 is 10.1 Å². The van der Waals surface area contributed by atoms with Crippen LogP contribution in [0.5, 0.6) is 0 Å². The lowest BCUT2D eigenvalue weighted by molar-refractivity contribution is 0.157. The molecule has 2 nitrogen and oxygen atoms in total. The van der Waals surface area contributed by atoms with Gasteiger partial charge in [-0.05, 0) is 31.6 Å². The van der Waals surface area contributed by atoms with E-state index in [0.717, 1.165) is 25.1 Å². The molecule has 1 aliphatic carbocycles. The summed E-state index contributed by atoms with van der Waals surface area (Å²) < 4.78 is 5.31. The van der Waals surface area contributed by atoms with Crippen LogP contribution in [-0.4, -0.2) is 25.8 Å². The van der Waals surface area contributed by atoms with Crippen LogP contribution in [0, 0.1) is 5.92 Å². The van der Waals surface area contributed by atoms with Gasteiger partial charge in [0.05, 0.1) is 13.2 Å². The van der Waals surface area contributed by atoms with Gasteiger partial charge in [0, 0.05) is 12.6 Å². The third-order valence-electron chi connectivity index (χ3n) is 2.93. The van der Waals surface area contributed by atoms with Gasteiger partial charge in [-0.3, -0.25) is 0 Å². The molecule has 0 spiro atoms. The molecular weight excluding hydrogens is 174 g/mol. The molecule has 0 aromatic heterocycles. The fourth-order valence-corrected chi connectivity index (χ4v) is 1.97. The number of hydrogen-bond donors (Lipinski definition) is 1. The second-order valence-electron chi connectivity index (χ2n) is 4.27. The third-order valence-corrected chi connectivity index (χ3v) is 2.93. The van der Waals surface area contributed by atoms with Crippen molar-refractivity contribution in [2.45, 2.75) is 38.6 Å². The van der Waals surface area contributed by atoms with E-state index in [2.05, 4.69) is 18.8 Å². The molecule has 0 atom stereocenters. The van der Waals surface area contributed by atoms with E-state index in [1.54, 1.807) is 6.08 Å². The second kappa shape index (κ2) is 7.02. The van der Waals surface area contributed by atoms with Gasteiger partial charge in [0.25, 0.3) is 0 Å². The van der Waals surface area contributed by atoms with Crippen LogP contribution in [0.1, 0.15) is 32.6 Å². The van der Waals surface area contributed by atoms with Crippen LogP contribution < -0.4 is 5.32 Å². The molecular formula is C12H23NO. The van der Waals surface area contributed by atoms with Gasteiger partial charge in [0.1, 0.15) is 0 Å². The van der Waals surface area contributed by atoms with Crippen LogP contribution in [-0.2, 0) is 4.74 Å². The van der Waals surface area contributed by atoms with Crippen LogP contribution in [0.2, 0.25) is 0 Å². The normalized spacial score (nSPS) is 27.5. The highest BCUT2D eigenvalue weighted by molar-refractivity contribution is 4.75. The summed E-state index contributed by atoms with van der Waals surface area (Å²) in [5, 5.41) is 3.54. The monoisotopic (exact) mass is 197 g/mol. The quantitative estimate of drug-likeness (QED) is 0.521. The lowest BCUT2D eigenvalue weighted by Crippen LogP contribution is -2.34. The van der Waals surface area contributed by atoms with Crippen molar-refractivity contribution in [3.8, 4) is 0 Å². The SMILES string of the molecule is C=CCOCCNC1CCC(C)CC1. The lowest BCUT2D eigenvalue weighted by atomic mass is 9.87. The van der Waals surface area contributed by atoms with Crippen molar-refractivity contribution in [3.63, 3.8) is 0 Å². The van der Waals surface area contributed by atoms with E-state index >= 15 is 0 Å². The molecule has 0 aromatic rings. The van der Waals surface area contributed by atoms with Gasteiger partial charge in [-0.1, -0.05) is 13.0 Å². The summed E-state index contributed by atoms with van der Waals surface area (Å²) in [6.07, 6.45) is 7.23. The van der Waals surface area contributed by atoms with Gasteiger partial charge in [0.15, 0.2) is 0 Å². The molecule has 1 saturated carbocycles. The molecule has 1 rings (SSSR count). The Bertz CT molecular complexity index is 150. The summed E-state index contributed by atoms with van der Waals surface area (Å²) in [7, 11) is 0. The van der Waals surface area contributed by atoms with Crippen molar-refractivity contribution in [2.75, 3.05) is 19.8 Å². The summed E-state index contributed by atoms with van der Waals surface area (Å²) in [4.78, 5) is 0. The Morgan fingerprint density at radius 2 is 2.07 bits per heavy atom. The Kier molecular flexibility index (Phi) is 5.88. The van der Waals surface area contributed by atoms with Crippen molar-refractivity contribution in [1.29, 1.82) is 0 Å². The zero-order valence-corrected chi connectivity index (χ0v) is 9.30. The standard InChI is InChI=1S/C12H23NO/c1-3-9-14-10-8-13-12-6-4-11(2)5-7-12/h3,11-13H,1,4-10H2,2H3. The molecule has 2 heteroatoms. The maximum atomic E-state index is 5.31. The molecule has 0 unspecified atom stereocenters. The number of nitrogens with one attached hydrogen (secondary N) is 1. The molecule has 0 saturated heterocycles. The van der Waals surface area contributed by atoms with Crippen LogP contribution in [0.25, 0.3) is 0 Å². The minimum atomic E-state index is 0.670. The molecule has 0 amide bonds. The molecule has 0 aliphatic heterocycles. The molecule has 1 N–H and O–H groups in total. The molecule has 1 fully saturated rings. The number of ether oxygens (including phenoxy) is 1. The molecule has 82 valence electrons. The van der Waals surface area contributed by atoms with E-state index in [9.17, 15) is 0 Å². The average molecular weight is 197 g/mol. The number of hydrogen-bond acceptors (Lipinski definition) is 2. The van der Waals surface area contributed by atoms with E-state index in [-0.39, 0.29) is 0 Å². The average Bonchev–Trinajstić information content (AvgIpc) is 2.21. The molecule has 0 heterocycles. The fourth-order valence-electron chi connectivity index (χ4n) is 1.97. The van der Waals surface area contributed by atoms with E-state index in [1.165, 1.54) is 25.7 Å². The van der Waals surface area contributed by atoms with Gasteiger partial charge in [-0.2, -0.15) is 0 Å². The van der Waals surface area contributed by atoms with Crippen LogP contribution in [0.3, 0.4) is 0 Å². The highest BCUT2D eigenvalue weighted by atomic mass is 16.5. The van der Waals surface area contributed by atoms with E-state index in [1.807, 2.05) is 0 Å². The Labute approximate surface area is 87.7 Å².